The van der Waals surface area contributed by atoms with Crippen LogP contribution in [0.4, 0.5) is 4.79 Å². The molecule has 0 fully saturated rings. The summed E-state index contributed by atoms with van der Waals surface area (Å²) >= 11 is 0. The number of benzene rings is 1. The summed E-state index contributed by atoms with van der Waals surface area (Å²) in [6.07, 6.45) is 0.804. The normalized spacial score (nSPS) is 10.8. The molecule has 0 spiro atoms. The van der Waals surface area contributed by atoms with Gasteiger partial charge in [-0.1, -0.05) is 18.2 Å². The van der Waals surface area contributed by atoms with Crippen molar-refractivity contribution in [3.05, 3.63) is 30.3 Å². The van der Waals surface area contributed by atoms with Crippen LogP contribution in [0.5, 0.6) is 5.75 Å². The first-order chi connectivity index (χ1) is 6.00. The lowest BCUT2D eigenvalue weighted by Crippen LogP contribution is -2.17. The Morgan fingerprint density at radius 3 is 2.23 bits per heavy atom. The van der Waals surface area contributed by atoms with Crippen LogP contribution in [0.15, 0.2) is 30.3 Å². The maximum atomic E-state index is 10.8. The summed E-state index contributed by atoms with van der Waals surface area (Å²) < 4.78 is 25.9. The van der Waals surface area contributed by atoms with E-state index < -0.39 is 15.1 Å². The summed E-state index contributed by atoms with van der Waals surface area (Å²) in [7, 11) is -3.76. The highest BCUT2D eigenvalue weighted by atomic mass is 32.2. The van der Waals surface area contributed by atoms with Crippen molar-refractivity contribution in [3.8, 4) is 5.75 Å². The molecule has 0 atom stereocenters. The second-order valence-electron chi connectivity index (χ2n) is 2.44. The molecule has 0 radical (unpaired) electrons. The van der Waals surface area contributed by atoms with Gasteiger partial charge >= 0.3 is 5.30 Å². The molecule has 0 aliphatic heterocycles. The largest absolute Gasteiger partial charge is 0.430 e. The molecule has 1 aromatic carbocycles. The lowest BCUT2D eigenvalue weighted by molar-refractivity contribution is 0.224. The standard InChI is InChI=1S/C8H8O4S/c1-13(10,11)8(9)12-7-5-3-2-4-6-7/h2-6H,1H3. The molecule has 0 aliphatic rings. The van der Waals surface area contributed by atoms with Crippen molar-refractivity contribution in [2.24, 2.45) is 0 Å². The lowest BCUT2D eigenvalue weighted by Gasteiger charge is -2.00. The van der Waals surface area contributed by atoms with Crippen molar-refractivity contribution in [1.29, 1.82) is 0 Å². The number of para-hydroxylation sites is 1. The molecule has 70 valence electrons. The van der Waals surface area contributed by atoms with Crippen LogP contribution in [-0.4, -0.2) is 20.0 Å². The van der Waals surface area contributed by atoms with E-state index in [4.69, 9.17) is 0 Å². The van der Waals surface area contributed by atoms with Crippen LogP contribution in [0.25, 0.3) is 0 Å². The van der Waals surface area contributed by atoms with E-state index in [0.29, 0.717) is 0 Å². The zero-order valence-corrected chi connectivity index (χ0v) is 7.74. The maximum Gasteiger partial charge on any atom is 0.430 e. The third-order valence-electron chi connectivity index (χ3n) is 1.25. The fraction of sp³-hybridized carbons (Fsp3) is 0.125. The number of rotatable bonds is 1. The van der Waals surface area contributed by atoms with Gasteiger partial charge in [0.1, 0.15) is 5.75 Å². The highest BCUT2D eigenvalue weighted by molar-refractivity contribution is 8.05. The third kappa shape index (κ3) is 2.87. The number of hydrogen-bond acceptors (Lipinski definition) is 4. The number of ether oxygens (including phenoxy) is 1. The van der Waals surface area contributed by atoms with Gasteiger partial charge in [0, 0.05) is 0 Å². The van der Waals surface area contributed by atoms with Crippen LogP contribution < -0.4 is 4.74 Å². The molecule has 0 aliphatic carbocycles. The summed E-state index contributed by atoms with van der Waals surface area (Å²) in [5, 5.41) is -1.24. The first kappa shape index (κ1) is 9.73. The molecule has 1 rings (SSSR count). The van der Waals surface area contributed by atoms with Crippen molar-refractivity contribution < 1.29 is 17.9 Å². The first-order valence-corrected chi connectivity index (χ1v) is 5.36. The molecule has 0 amide bonds. The summed E-state index contributed by atoms with van der Waals surface area (Å²) in [5.74, 6) is 0.220. The van der Waals surface area contributed by atoms with Crippen LogP contribution in [0, 0.1) is 0 Å². The van der Waals surface area contributed by atoms with E-state index >= 15 is 0 Å². The van der Waals surface area contributed by atoms with Crippen LogP contribution in [0.2, 0.25) is 0 Å². The number of carbonyl (C=O) groups is 1. The molecule has 0 unspecified atom stereocenters. The number of hydrogen-bond donors (Lipinski definition) is 0. The molecule has 0 saturated carbocycles. The van der Waals surface area contributed by atoms with Crippen LogP contribution in [0.3, 0.4) is 0 Å². The highest BCUT2D eigenvalue weighted by Gasteiger charge is 2.17. The van der Waals surface area contributed by atoms with Crippen LogP contribution in [-0.2, 0) is 9.84 Å². The van der Waals surface area contributed by atoms with Crippen LogP contribution in [0.1, 0.15) is 0 Å². The number of carbonyl (C=O) groups excluding carboxylic acids is 1. The molecular formula is C8H8O4S. The first-order valence-electron chi connectivity index (χ1n) is 3.47. The molecule has 5 heteroatoms. The quantitative estimate of drug-likeness (QED) is 0.640. The minimum atomic E-state index is -3.76. The predicted molar refractivity (Wildman–Crippen MR) is 47.3 cm³/mol. The van der Waals surface area contributed by atoms with Gasteiger partial charge in [0.05, 0.1) is 6.26 Å². The van der Waals surface area contributed by atoms with E-state index in [0.717, 1.165) is 6.26 Å². The topological polar surface area (TPSA) is 60.4 Å². The molecule has 0 N–H and O–H groups in total. The van der Waals surface area contributed by atoms with Gasteiger partial charge in [0.15, 0.2) is 0 Å². The number of sulfone groups is 1. The van der Waals surface area contributed by atoms with Gasteiger partial charge in [-0.25, -0.2) is 13.2 Å². The summed E-state index contributed by atoms with van der Waals surface area (Å²) in [4.78, 5) is 10.8. The van der Waals surface area contributed by atoms with Gasteiger partial charge in [0.25, 0.3) is 0 Å². The van der Waals surface area contributed by atoms with E-state index in [1.54, 1.807) is 18.2 Å². The van der Waals surface area contributed by atoms with Gasteiger partial charge in [-0.2, -0.15) is 0 Å². The molecule has 0 bridgehead atoms. The average Bonchev–Trinajstić information content (AvgIpc) is 2.04. The van der Waals surface area contributed by atoms with Gasteiger partial charge in [-0.15, -0.1) is 0 Å². The molecule has 0 heterocycles. The second-order valence-corrected chi connectivity index (χ2v) is 4.31. The Bertz CT molecular complexity index is 393. The second kappa shape index (κ2) is 3.57. The van der Waals surface area contributed by atoms with Gasteiger partial charge in [0.2, 0.25) is 9.84 Å². The Hall–Kier alpha value is -1.36. The smallest absolute Gasteiger partial charge is 0.415 e. The van der Waals surface area contributed by atoms with Gasteiger partial charge in [-0.05, 0) is 12.1 Å². The SMILES string of the molecule is CS(=O)(=O)C(=O)Oc1ccccc1. The molecule has 0 aromatic heterocycles. The van der Waals surface area contributed by atoms with Crippen molar-refractivity contribution in [2.75, 3.05) is 6.26 Å². The zero-order chi connectivity index (χ0) is 9.90. The van der Waals surface area contributed by atoms with Gasteiger partial charge in [-0.3, -0.25) is 0 Å². The third-order valence-corrected chi connectivity index (χ3v) is 1.94. The van der Waals surface area contributed by atoms with Crippen molar-refractivity contribution >= 4 is 15.1 Å². The maximum absolute atomic E-state index is 10.8. The Kier molecular flexibility index (Phi) is 2.67. The van der Waals surface area contributed by atoms with E-state index in [1.165, 1.54) is 12.1 Å². The minimum Gasteiger partial charge on any atom is -0.415 e. The van der Waals surface area contributed by atoms with E-state index in [-0.39, 0.29) is 5.75 Å². The summed E-state index contributed by atoms with van der Waals surface area (Å²) in [6, 6.07) is 8.03. The van der Waals surface area contributed by atoms with E-state index in [9.17, 15) is 13.2 Å². The van der Waals surface area contributed by atoms with E-state index in [1.807, 2.05) is 0 Å². The monoisotopic (exact) mass is 200 g/mol. The van der Waals surface area contributed by atoms with Crippen molar-refractivity contribution in [1.82, 2.24) is 0 Å². The zero-order valence-electron chi connectivity index (χ0n) is 6.93. The Morgan fingerprint density at radius 1 is 1.23 bits per heavy atom. The Balaban J connectivity index is 2.78. The molecule has 1 aromatic rings. The summed E-state index contributed by atoms with van der Waals surface area (Å²) in [6.45, 7) is 0. The fourth-order valence-corrected chi connectivity index (χ4v) is 0.908. The van der Waals surface area contributed by atoms with Gasteiger partial charge < -0.3 is 4.74 Å². The minimum absolute atomic E-state index is 0.220. The molecule has 4 nitrogen and oxygen atoms in total. The van der Waals surface area contributed by atoms with Crippen molar-refractivity contribution in [3.63, 3.8) is 0 Å². The predicted octanol–water partition coefficient (Wildman–Crippen LogP) is 1.23. The van der Waals surface area contributed by atoms with E-state index in [2.05, 4.69) is 4.74 Å². The Labute approximate surface area is 76.1 Å². The average molecular weight is 200 g/mol. The fourth-order valence-electron chi connectivity index (χ4n) is 0.660. The molecule has 0 saturated heterocycles. The lowest BCUT2D eigenvalue weighted by atomic mass is 10.3. The van der Waals surface area contributed by atoms with Crippen LogP contribution >= 0.6 is 0 Å². The molecule has 13 heavy (non-hydrogen) atoms. The van der Waals surface area contributed by atoms with Crippen molar-refractivity contribution in [2.45, 2.75) is 0 Å². The Morgan fingerprint density at radius 2 is 1.77 bits per heavy atom. The molecular weight excluding hydrogens is 192 g/mol. The highest BCUT2D eigenvalue weighted by Crippen LogP contribution is 2.09. The summed E-state index contributed by atoms with van der Waals surface area (Å²) in [5.41, 5.74) is 0.